The molecule has 0 unspecified atom stereocenters. The SMILES string of the molecule is CCn1c(CCN2Cc3cccc(-c4ccncc4)c3C2=O)nc2ccccc21. The molecule has 0 saturated carbocycles. The second kappa shape index (κ2) is 7.17. The van der Waals surface area contributed by atoms with E-state index < -0.39 is 0 Å². The Morgan fingerprint density at radius 1 is 1.00 bits per heavy atom. The molecular weight excluding hydrogens is 360 g/mol. The zero-order valence-electron chi connectivity index (χ0n) is 16.4. The van der Waals surface area contributed by atoms with Crippen LogP contribution in [0.5, 0.6) is 0 Å². The largest absolute Gasteiger partial charge is 0.334 e. The van der Waals surface area contributed by atoms with Crippen molar-refractivity contribution in [3.05, 3.63) is 83.9 Å². The Labute approximate surface area is 169 Å². The molecule has 29 heavy (non-hydrogen) atoms. The van der Waals surface area contributed by atoms with E-state index in [2.05, 4.69) is 28.6 Å². The number of hydrogen-bond acceptors (Lipinski definition) is 3. The third kappa shape index (κ3) is 2.99. The highest BCUT2D eigenvalue weighted by Gasteiger charge is 2.30. The number of nitrogens with zero attached hydrogens (tertiary/aromatic N) is 4. The fourth-order valence-corrected chi connectivity index (χ4v) is 4.28. The van der Waals surface area contributed by atoms with Crippen LogP contribution in [0.2, 0.25) is 0 Å². The van der Waals surface area contributed by atoms with Gasteiger partial charge in [0, 0.05) is 38.4 Å². The van der Waals surface area contributed by atoms with Crippen molar-refractivity contribution in [2.75, 3.05) is 6.54 Å². The van der Waals surface area contributed by atoms with Crippen LogP contribution in [0, 0.1) is 0 Å². The molecule has 0 radical (unpaired) electrons. The molecule has 0 spiro atoms. The standard InChI is InChI=1S/C24H22N4O/c1-2-28-21-9-4-3-8-20(21)26-22(28)12-15-27-16-18-6-5-7-19(23(18)24(27)29)17-10-13-25-14-11-17/h3-11,13-14H,2,12,15-16H2,1H3. The third-order valence-electron chi connectivity index (χ3n) is 5.66. The molecule has 2 aromatic heterocycles. The average Bonchev–Trinajstić information content (AvgIpc) is 3.29. The summed E-state index contributed by atoms with van der Waals surface area (Å²) in [6.45, 7) is 4.32. The number of hydrogen-bond donors (Lipinski definition) is 0. The lowest BCUT2D eigenvalue weighted by Crippen LogP contribution is -2.27. The van der Waals surface area contributed by atoms with Crippen LogP contribution in [-0.4, -0.2) is 31.9 Å². The molecule has 2 aromatic carbocycles. The zero-order valence-corrected chi connectivity index (χ0v) is 16.4. The molecule has 0 bridgehead atoms. The Balaban J connectivity index is 1.41. The van der Waals surface area contributed by atoms with Crippen LogP contribution >= 0.6 is 0 Å². The lowest BCUT2D eigenvalue weighted by molar-refractivity contribution is 0.0780. The Hall–Kier alpha value is -3.47. The van der Waals surface area contributed by atoms with Gasteiger partial charge in [0.25, 0.3) is 5.91 Å². The van der Waals surface area contributed by atoms with Crippen molar-refractivity contribution < 1.29 is 4.79 Å². The maximum absolute atomic E-state index is 13.2. The first-order valence-electron chi connectivity index (χ1n) is 10.0. The molecule has 0 N–H and O–H groups in total. The van der Waals surface area contributed by atoms with Crippen LogP contribution in [0.15, 0.2) is 67.0 Å². The van der Waals surface area contributed by atoms with E-state index in [0.717, 1.165) is 52.1 Å². The minimum Gasteiger partial charge on any atom is -0.334 e. The Morgan fingerprint density at radius 2 is 1.83 bits per heavy atom. The van der Waals surface area contributed by atoms with Gasteiger partial charge in [0.15, 0.2) is 0 Å². The number of rotatable bonds is 5. The van der Waals surface area contributed by atoms with E-state index in [1.165, 1.54) is 0 Å². The van der Waals surface area contributed by atoms with Gasteiger partial charge < -0.3 is 9.47 Å². The molecule has 0 saturated heterocycles. The number of para-hydroxylation sites is 2. The van der Waals surface area contributed by atoms with Crippen molar-refractivity contribution in [3.63, 3.8) is 0 Å². The summed E-state index contributed by atoms with van der Waals surface area (Å²) in [5.74, 6) is 1.14. The van der Waals surface area contributed by atoms with E-state index in [-0.39, 0.29) is 5.91 Å². The van der Waals surface area contributed by atoms with Gasteiger partial charge in [-0.3, -0.25) is 9.78 Å². The number of aryl methyl sites for hydroxylation is 1. The summed E-state index contributed by atoms with van der Waals surface area (Å²) >= 11 is 0. The summed E-state index contributed by atoms with van der Waals surface area (Å²) in [4.78, 5) is 24.1. The van der Waals surface area contributed by atoms with Crippen molar-refractivity contribution in [2.45, 2.75) is 26.4 Å². The number of pyridine rings is 1. The lowest BCUT2D eigenvalue weighted by atomic mass is 9.97. The average molecular weight is 382 g/mol. The molecule has 0 fully saturated rings. The van der Waals surface area contributed by atoms with E-state index in [1.54, 1.807) is 12.4 Å². The molecule has 1 amide bonds. The number of amides is 1. The number of fused-ring (bicyclic) bond motifs is 2. The summed E-state index contributed by atoms with van der Waals surface area (Å²) in [6.07, 6.45) is 4.27. The fraction of sp³-hybridized carbons (Fsp3) is 0.208. The van der Waals surface area contributed by atoms with Gasteiger partial charge in [0.2, 0.25) is 0 Å². The van der Waals surface area contributed by atoms with E-state index in [4.69, 9.17) is 4.98 Å². The maximum Gasteiger partial charge on any atom is 0.255 e. The second-order valence-electron chi connectivity index (χ2n) is 7.31. The smallest absolute Gasteiger partial charge is 0.255 e. The molecule has 4 aromatic rings. The van der Waals surface area contributed by atoms with Crippen LogP contribution < -0.4 is 0 Å². The van der Waals surface area contributed by atoms with Gasteiger partial charge >= 0.3 is 0 Å². The molecule has 3 heterocycles. The molecule has 144 valence electrons. The molecular formula is C24H22N4O. The minimum atomic E-state index is 0.103. The number of carbonyl (C=O) groups is 1. The number of carbonyl (C=O) groups excluding carboxylic acids is 1. The Bertz CT molecular complexity index is 1200. The Kier molecular flexibility index (Phi) is 4.35. The lowest BCUT2D eigenvalue weighted by Gasteiger charge is -2.16. The first kappa shape index (κ1) is 17.6. The van der Waals surface area contributed by atoms with Crippen molar-refractivity contribution in [3.8, 4) is 11.1 Å². The molecule has 0 atom stereocenters. The highest BCUT2D eigenvalue weighted by molar-refractivity contribution is 6.04. The summed E-state index contributed by atoms with van der Waals surface area (Å²) in [7, 11) is 0. The molecule has 5 rings (SSSR count). The maximum atomic E-state index is 13.2. The molecule has 0 aliphatic carbocycles. The summed E-state index contributed by atoms with van der Waals surface area (Å²) in [6, 6.07) is 18.2. The predicted octanol–water partition coefficient (Wildman–Crippen LogP) is 4.32. The first-order valence-corrected chi connectivity index (χ1v) is 10.0. The van der Waals surface area contributed by atoms with Crippen LogP contribution in [0.1, 0.15) is 28.7 Å². The number of imidazole rings is 1. The highest BCUT2D eigenvalue weighted by atomic mass is 16.2. The van der Waals surface area contributed by atoms with Crippen LogP contribution in [0.4, 0.5) is 0 Å². The summed E-state index contributed by atoms with van der Waals surface area (Å²) in [5.41, 5.74) is 6.09. The number of benzene rings is 2. The van der Waals surface area contributed by atoms with E-state index >= 15 is 0 Å². The van der Waals surface area contributed by atoms with Gasteiger partial charge in [0.1, 0.15) is 5.82 Å². The molecule has 1 aliphatic heterocycles. The van der Waals surface area contributed by atoms with Crippen molar-refractivity contribution in [1.82, 2.24) is 19.4 Å². The third-order valence-corrected chi connectivity index (χ3v) is 5.66. The van der Waals surface area contributed by atoms with Crippen molar-refractivity contribution >= 4 is 16.9 Å². The van der Waals surface area contributed by atoms with Gasteiger partial charge in [-0.15, -0.1) is 0 Å². The monoisotopic (exact) mass is 382 g/mol. The molecule has 1 aliphatic rings. The topological polar surface area (TPSA) is 51.0 Å². The quantitative estimate of drug-likeness (QED) is 0.517. The van der Waals surface area contributed by atoms with Crippen LogP contribution in [0.25, 0.3) is 22.2 Å². The van der Waals surface area contributed by atoms with E-state index in [1.807, 2.05) is 47.4 Å². The normalized spacial score (nSPS) is 13.3. The molecule has 5 nitrogen and oxygen atoms in total. The number of aromatic nitrogens is 3. The summed E-state index contributed by atoms with van der Waals surface area (Å²) in [5, 5.41) is 0. The predicted molar refractivity (Wildman–Crippen MR) is 114 cm³/mol. The zero-order chi connectivity index (χ0) is 19.8. The Morgan fingerprint density at radius 3 is 2.66 bits per heavy atom. The first-order chi connectivity index (χ1) is 14.3. The van der Waals surface area contributed by atoms with Crippen LogP contribution in [-0.2, 0) is 19.5 Å². The van der Waals surface area contributed by atoms with E-state index in [0.29, 0.717) is 13.1 Å². The van der Waals surface area contributed by atoms with Gasteiger partial charge in [0.05, 0.1) is 16.6 Å². The van der Waals surface area contributed by atoms with Crippen molar-refractivity contribution in [2.24, 2.45) is 0 Å². The minimum absolute atomic E-state index is 0.103. The van der Waals surface area contributed by atoms with Crippen LogP contribution in [0.3, 0.4) is 0 Å². The van der Waals surface area contributed by atoms with Gasteiger partial charge in [-0.25, -0.2) is 4.98 Å². The fourth-order valence-electron chi connectivity index (χ4n) is 4.28. The van der Waals surface area contributed by atoms with Gasteiger partial charge in [-0.05, 0) is 47.9 Å². The van der Waals surface area contributed by atoms with Crippen molar-refractivity contribution in [1.29, 1.82) is 0 Å². The summed E-state index contributed by atoms with van der Waals surface area (Å²) < 4.78 is 2.24. The van der Waals surface area contributed by atoms with Gasteiger partial charge in [-0.2, -0.15) is 0 Å². The molecule has 5 heteroatoms. The van der Waals surface area contributed by atoms with Gasteiger partial charge in [-0.1, -0.05) is 30.3 Å². The van der Waals surface area contributed by atoms with E-state index in [9.17, 15) is 4.79 Å². The second-order valence-corrected chi connectivity index (χ2v) is 7.31. The highest BCUT2D eigenvalue weighted by Crippen LogP contribution is 2.32.